The lowest BCUT2D eigenvalue weighted by atomic mass is 10.1. The predicted octanol–water partition coefficient (Wildman–Crippen LogP) is 3.99. The van der Waals surface area contributed by atoms with Gasteiger partial charge in [0.2, 0.25) is 11.8 Å². The van der Waals surface area contributed by atoms with Gasteiger partial charge >= 0.3 is 0 Å². The Kier molecular flexibility index (Phi) is 6.59. The normalized spacial score (nSPS) is 10.4. The molecule has 132 valence electrons. The van der Waals surface area contributed by atoms with Gasteiger partial charge in [-0.1, -0.05) is 41.9 Å². The molecule has 0 aliphatic carbocycles. The van der Waals surface area contributed by atoms with Crippen molar-refractivity contribution in [3.8, 4) is 0 Å². The van der Waals surface area contributed by atoms with E-state index in [1.54, 1.807) is 7.05 Å². The fourth-order valence-electron chi connectivity index (χ4n) is 2.59. The number of hydrogen-bond donors (Lipinski definition) is 1. The zero-order chi connectivity index (χ0) is 18.4. The summed E-state index contributed by atoms with van der Waals surface area (Å²) in [5, 5.41) is 3.57. The van der Waals surface area contributed by atoms with Crippen LogP contribution in [0.1, 0.15) is 23.1 Å². The smallest absolute Gasteiger partial charge is 0.243 e. The number of nitrogens with one attached hydrogen (secondary N) is 1. The average molecular weight is 359 g/mol. The molecule has 0 aromatic heterocycles. The van der Waals surface area contributed by atoms with Crippen molar-refractivity contribution >= 4 is 29.1 Å². The lowest BCUT2D eigenvalue weighted by Crippen LogP contribution is -2.35. The molecule has 4 nitrogen and oxygen atoms in total. The van der Waals surface area contributed by atoms with E-state index in [-0.39, 0.29) is 18.4 Å². The van der Waals surface area contributed by atoms with Crippen LogP contribution in [0.25, 0.3) is 0 Å². The van der Waals surface area contributed by atoms with Crippen molar-refractivity contribution < 1.29 is 9.59 Å². The molecule has 0 fully saturated rings. The van der Waals surface area contributed by atoms with E-state index in [9.17, 15) is 9.59 Å². The lowest BCUT2D eigenvalue weighted by Gasteiger charge is -2.18. The third-order valence-electron chi connectivity index (χ3n) is 4.09. The minimum absolute atomic E-state index is 0.0349. The minimum Gasteiger partial charge on any atom is -0.336 e. The van der Waals surface area contributed by atoms with Gasteiger partial charge < -0.3 is 10.2 Å². The molecule has 0 atom stereocenters. The molecular formula is C20H23ClN2O2. The van der Waals surface area contributed by atoms with Gasteiger partial charge in [-0.25, -0.2) is 0 Å². The van der Waals surface area contributed by atoms with Gasteiger partial charge in [0.15, 0.2) is 0 Å². The molecule has 0 unspecified atom stereocenters. The number of carbonyl (C=O) groups is 2. The molecule has 5 heteroatoms. The van der Waals surface area contributed by atoms with Gasteiger partial charge in [-0.15, -0.1) is 0 Å². The number of nitrogens with zero attached hydrogens (tertiary/aromatic N) is 1. The number of hydrogen-bond acceptors (Lipinski definition) is 2. The Balaban J connectivity index is 1.85. The van der Waals surface area contributed by atoms with Crippen LogP contribution in [0.15, 0.2) is 42.5 Å². The van der Waals surface area contributed by atoms with E-state index in [2.05, 4.69) is 5.32 Å². The highest BCUT2D eigenvalue weighted by atomic mass is 35.5. The van der Waals surface area contributed by atoms with Crippen molar-refractivity contribution in [2.75, 3.05) is 18.9 Å². The number of benzene rings is 2. The monoisotopic (exact) mass is 358 g/mol. The summed E-state index contributed by atoms with van der Waals surface area (Å²) in [5.41, 5.74) is 3.87. The molecule has 25 heavy (non-hydrogen) atoms. The molecule has 0 aliphatic heterocycles. The summed E-state index contributed by atoms with van der Waals surface area (Å²) >= 11 is 5.85. The molecule has 0 saturated carbocycles. The van der Waals surface area contributed by atoms with Crippen LogP contribution in [-0.4, -0.2) is 30.3 Å². The molecule has 0 bridgehead atoms. The number of para-hydroxylation sites is 1. The van der Waals surface area contributed by atoms with E-state index >= 15 is 0 Å². The van der Waals surface area contributed by atoms with Crippen LogP contribution in [0.3, 0.4) is 0 Å². The summed E-state index contributed by atoms with van der Waals surface area (Å²) < 4.78 is 0. The van der Waals surface area contributed by atoms with E-state index in [0.717, 1.165) is 22.4 Å². The number of likely N-dealkylation sites (N-methyl/N-ethyl adjacent to an activating group) is 1. The number of carbonyl (C=O) groups excluding carboxylic acids is 2. The third-order valence-corrected chi connectivity index (χ3v) is 4.34. The molecule has 2 aromatic rings. The standard InChI is InChI=1S/C20H23ClN2O2/c1-14-5-4-6-15(2)20(14)22-18(24)13-23(3)19(25)12-9-16-7-10-17(21)11-8-16/h4-8,10-11H,9,12-13H2,1-3H3,(H,22,24). The van der Waals surface area contributed by atoms with Gasteiger partial charge in [0.05, 0.1) is 6.54 Å². The molecule has 1 N–H and O–H groups in total. The van der Waals surface area contributed by atoms with Gasteiger partial charge in [0.25, 0.3) is 0 Å². The predicted molar refractivity (Wildman–Crippen MR) is 102 cm³/mol. The summed E-state index contributed by atoms with van der Waals surface area (Å²) in [6, 6.07) is 13.3. The van der Waals surface area contributed by atoms with E-state index in [0.29, 0.717) is 17.9 Å². The second kappa shape index (κ2) is 8.67. The van der Waals surface area contributed by atoms with E-state index < -0.39 is 0 Å². The first-order chi connectivity index (χ1) is 11.9. The first-order valence-corrected chi connectivity index (χ1v) is 8.59. The fraction of sp³-hybridized carbons (Fsp3) is 0.300. The molecule has 0 radical (unpaired) electrons. The Morgan fingerprint density at radius 2 is 1.64 bits per heavy atom. The van der Waals surface area contributed by atoms with Crippen LogP contribution in [0.5, 0.6) is 0 Å². The Morgan fingerprint density at radius 1 is 1.04 bits per heavy atom. The number of aryl methyl sites for hydroxylation is 3. The highest BCUT2D eigenvalue weighted by molar-refractivity contribution is 6.30. The fourth-order valence-corrected chi connectivity index (χ4v) is 2.71. The summed E-state index contributed by atoms with van der Waals surface area (Å²) in [5.74, 6) is -0.258. The van der Waals surface area contributed by atoms with Crippen LogP contribution in [0.2, 0.25) is 5.02 Å². The Bertz CT molecular complexity index is 737. The number of amides is 2. The quantitative estimate of drug-likeness (QED) is 0.848. The zero-order valence-corrected chi connectivity index (χ0v) is 15.6. The highest BCUT2D eigenvalue weighted by Gasteiger charge is 2.14. The van der Waals surface area contributed by atoms with Crippen LogP contribution in [0.4, 0.5) is 5.69 Å². The molecular weight excluding hydrogens is 336 g/mol. The van der Waals surface area contributed by atoms with Gasteiger partial charge in [-0.2, -0.15) is 0 Å². The van der Waals surface area contributed by atoms with E-state index in [1.807, 2.05) is 56.3 Å². The van der Waals surface area contributed by atoms with Crippen molar-refractivity contribution in [2.24, 2.45) is 0 Å². The Labute approximate surface area is 153 Å². The highest BCUT2D eigenvalue weighted by Crippen LogP contribution is 2.19. The Morgan fingerprint density at radius 3 is 2.24 bits per heavy atom. The Hall–Kier alpha value is -2.33. The topological polar surface area (TPSA) is 49.4 Å². The molecule has 2 amide bonds. The van der Waals surface area contributed by atoms with E-state index in [1.165, 1.54) is 4.90 Å². The van der Waals surface area contributed by atoms with Crippen molar-refractivity contribution in [3.63, 3.8) is 0 Å². The summed E-state index contributed by atoms with van der Waals surface area (Å²) in [6.07, 6.45) is 0.980. The van der Waals surface area contributed by atoms with E-state index in [4.69, 9.17) is 11.6 Å². The lowest BCUT2D eigenvalue weighted by molar-refractivity contribution is -0.133. The first kappa shape index (κ1) is 19.0. The second-order valence-electron chi connectivity index (χ2n) is 6.19. The zero-order valence-electron chi connectivity index (χ0n) is 14.8. The molecule has 0 spiro atoms. The molecule has 0 heterocycles. The van der Waals surface area contributed by atoms with Crippen LogP contribution in [-0.2, 0) is 16.0 Å². The summed E-state index contributed by atoms with van der Waals surface area (Å²) in [6.45, 7) is 3.93. The maximum atomic E-state index is 12.2. The van der Waals surface area contributed by atoms with Crippen LogP contribution < -0.4 is 5.32 Å². The van der Waals surface area contributed by atoms with Crippen molar-refractivity contribution in [1.82, 2.24) is 4.90 Å². The summed E-state index contributed by atoms with van der Waals surface area (Å²) in [4.78, 5) is 25.9. The SMILES string of the molecule is Cc1cccc(C)c1NC(=O)CN(C)C(=O)CCc1ccc(Cl)cc1. The number of anilines is 1. The van der Waals surface area contributed by atoms with Gasteiger partial charge in [-0.3, -0.25) is 9.59 Å². The van der Waals surface area contributed by atoms with Crippen molar-refractivity contribution in [3.05, 3.63) is 64.2 Å². The van der Waals surface area contributed by atoms with Gasteiger partial charge in [0, 0.05) is 24.2 Å². The van der Waals surface area contributed by atoms with Crippen molar-refractivity contribution in [2.45, 2.75) is 26.7 Å². The van der Waals surface area contributed by atoms with Gasteiger partial charge in [-0.05, 0) is 49.1 Å². The molecule has 2 aromatic carbocycles. The summed E-state index contributed by atoms with van der Waals surface area (Å²) in [7, 11) is 1.65. The molecule has 2 rings (SSSR count). The largest absolute Gasteiger partial charge is 0.336 e. The minimum atomic E-state index is -0.195. The second-order valence-corrected chi connectivity index (χ2v) is 6.63. The number of rotatable bonds is 6. The van der Waals surface area contributed by atoms with Gasteiger partial charge in [0.1, 0.15) is 0 Å². The van der Waals surface area contributed by atoms with Crippen LogP contribution in [0, 0.1) is 13.8 Å². The molecule has 0 saturated heterocycles. The van der Waals surface area contributed by atoms with Crippen LogP contribution >= 0.6 is 11.6 Å². The molecule has 0 aliphatic rings. The average Bonchev–Trinajstić information content (AvgIpc) is 2.57. The number of halogens is 1. The maximum absolute atomic E-state index is 12.2. The maximum Gasteiger partial charge on any atom is 0.243 e. The van der Waals surface area contributed by atoms with Crippen molar-refractivity contribution in [1.29, 1.82) is 0 Å². The first-order valence-electron chi connectivity index (χ1n) is 8.21. The third kappa shape index (κ3) is 5.61.